The minimum absolute atomic E-state index is 0.168. The van der Waals surface area contributed by atoms with Gasteiger partial charge in [0.1, 0.15) is 0 Å². The summed E-state index contributed by atoms with van der Waals surface area (Å²) in [7, 11) is 0. The lowest BCUT2D eigenvalue weighted by Crippen LogP contribution is -2.09. The zero-order chi connectivity index (χ0) is 9.40. The monoisotopic (exact) mass is 171 g/mol. The zero-order valence-corrected chi connectivity index (χ0v) is 8.31. The van der Waals surface area contributed by atoms with Crippen LogP contribution in [0.2, 0.25) is 0 Å². The Balaban J connectivity index is 3.05. The normalized spacial score (nSPS) is 12.8. The third-order valence-electron chi connectivity index (χ3n) is 2.32. The van der Waals surface area contributed by atoms with Crippen LogP contribution >= 0.6 is 0 Å². The molecule has 0 aromatic rings. The molecule has 0 spiro atoms. The van der Waals surface area contributed by atoms with Gasteiger partial charge in [0.25, 0.3) is 0 Å². The first-order valence-corrected chi connectivity index (χ1v) is 4.95. The van der Waals surface area contributed by atoms with Gasteiger partial charge in [0.2, 0.25) is 5.91 Å². The van der Waals surface area contributed by atoms with E-state index in [2.05, 4.69) is 13.8 Å². The van der Waals surface area contributed by atoms with E-state index in [0.717, 1.165) is 18.8 Å². The predicted octanol–water partition coefficient (Wildman–Crippen LogP) is 2.47. The number of rotatable bonds is 7. The molecule has 0 aliphatic carbocycles. The molecule has 0 aliphatic rings. The molecule has 1 atom stereocenters. The maximum absolute atomic E-state index is 10.4. The summed E-state index contributed by atoms with van der Waals surface area (Å²) < 4.78 is 0. The summed E-state index contributed by atoms with van der Waals surface area (Å²) in [5.41, 5.74) is 5.02. The number of unbranched alkanes of at least 4 members (excludes halogenated alkanes) is 2. The molecule has 72 valence electrons. The smallest absolute Gasteiger partial charge is 0.217 e. The molecule has 12 heavy (non-hydrogen) atoms. The van der Waals surface area contributed by atoms with Crippen molar-refractivity contribution in [1.82, 2.24) is 0 Å². The molecule has 0 saturated heterocycles. The lowest BCUT2D eigenvalue weighted by molar-refractivity contribution is -0.118. The molecule has 2 heteroatoms. The highest BCUT2D eigenvalue weighted by molar-refractivity contribution is 5.73. The van der Waals surface area contributed by atoms with Crippen molar-refractivity contribution in [2.24, 2.45) is 11.7 Å². The first-order chi connectivity index (χ1) is 5.66. The third-order valence-corrected chi connectivity index (χ3v) is 2.32. The molecule has 0 radical (unpaired) electrons. The van der Waals surface area contributed by atoms with E-state index in [1.165, 1.54) is 19.3 Å². The molecular weight excluding hydrogens is 150 g/mol. The Hall–Kier alpha value is -0.530. The van der Waals surface area contributed by atoms with Crippen molar-refractivity contribution in [2.45, 2.75) is 52.4 Å². The number of hydrogen-bond donors (Lipinski definition) is 1. The Kier molecular flexibility index (Phi) is 6.82. The van der Waals surface area contributed by atoms with Gasteiger partial charge in [-0.3, -0.25) is 4.79 Å². The van der Waals surface area contributed by atoms with Gasteiger partial charge in [0.15, 0.2) is 0 Å². The third kappa shape index (κ3) is 7.58. The molecule has 2 N–H and O–H groups in total. The predicted molar refractivity (Wildman–Crippen MR) is 51.7 cm³/mol. The average Bonchev–Trinajstić information content (AvgIpc) is 2.03. The van der Waals surface area contributed by atoms with Crippen molar-refractivity contribution in [3.8, 4) is 0 Å². The summed E-state index contributed by atoms with van der Waals surface area (Å²) in [5, 5.41) is 0. The summed E-state index contributed by atoms with van der Waals surface area (Å²) in [6.07, 6.45) is 6.45. The fraction of sp³-hybridized carbons (Fsp3) is 0.900. The van der Waals surface area contributed by atoms with Crippen molar-refractivity contribution in [3.63, 3.8) is 0 Å². The lowest BCUT2D eigenvalue weighted by Gasteiger charge is -2.06. The molecule has 0 bridgehead atoms. The summed E-state index contributed by atoms with van der Waals surface area (Å²) in [6.45, 7) is 4.49. The Morgan fingerprint density at radius 1 is 1.33 bits per heavy atom. The highest BCUT2D eigenvalue weighted by atomic mass is 16.1. The first kappa shape index (κ1) is 11.5. The van der Waals surface area contributed by atoms with Gasteiger partial charge >= 0.3 is 0 Å². The van der Waals surface area contributed by atoms with Gasteiger partial charge in [-0.1, -0.05) is 39.5 Å². The number of hydrogen-bond acceptors (Lipinski definition) is 1. The maximum Gasteiger partial charge on any atom is 0.217 e. The van der Waals surface area contributed by atoms with Gasteiger partial charge in [-0.2, -0.15) is 0 Å². The molecule has 0 aromatic heterocycles. The molecule has 2 nitrogen and oxygen atoms in total. The van der Waals surface area contributed by atoms with Crippen molar-refractivity contribution in [1.29, 1.82) is 0 Å². The lowest BCUT2D eigenvalue weighted by atomic mass is 10.0. The van der Waals surface area contributed by atoms with Crippen LogP contribution in [0.5, 0.6) is 0 Å². The number of amides is 1. The van der Waals surface area contributed by atoms with E-state index in [1.54, 1.807) is 0 Å². The minimum Gasteiger partial charge on any atom is -0.370 e. The second-order valence-corrected chi connectivity index (χ2v) is 3.58. The van der Waals surface area contributed by atoms with Crippen LogP contribution in [0.25, 0.3) is 0 Å². The van der Waals surface area contributed by atoms with Crippen molar-refractivity contribution in [2.75, 3.05) is 0 Å². The Bertz CT molecular complexity index is 123. The standard InChI is InChI=1S/C10H21NO/c1-3-9(2)7-5-4-6-8-10(11)12/h9H,3-8H2,1-2H3,(H2,11,12). The summed E-state index contributed by atoms with van der Waals surface area (Å²) in [6, 6.07) is 0. The largest absolute Gasteiger partial charge is 0.370 e. The second-order valence-electron chi connectivity index (χ2n) is 3.58. The number of primary amides is 1. The zero-order valence-electron chi connectivity index (χ0n) is 8.31. The van der Waals surface area contributed by atoms with Crippen LogP contribution in [-0.2, 0) is 4.79 Å². The molecular formula is C10H21NO. The highest BCUT2D eigenvalue weighted by Crippen LogP contribution is 2.12. The van der Waals surface area contributed by atoms with Crippen LogP contribution < -0.4 is 5.73 Å². The fourth-order valence-corrected chi connectivity index (χ4v) is 1.17. The van der Waals surface area contributed by atoms with Crippen molar-refractivity contribution < 1.29 is 4.79 Å². The molecule has 0 fully saturated rings. The SMILES string of the molecule is CCC(C)CCCCCC(N)=O. The van der Waals surface area contributed by atoms with Crippen LogP contribution in [0.15, 0.2) is 0 Å². The van der Waals surface area contributed by atoms with E-state index < -0.39 is 0 Å². The van der Waals surface area contributed by atoms with Gasteiger partial charge in [-0.05, 0) is 12.3 Å². The molecule has 1 amide bonds. The number of nitrogens with two attached hydrogens (primary N) is 1. The summed E-state index contributed by atoms with van der Waals surface area (Å²) in [5.74, 6) is 0.664. The van der Waals surface area contributed by atoms with Crippen LogP contribution in [0.4, 0.5) is 0 Å². The molecule has 0 heterocycles. The quantitative estimate of drug-likeness (QED) is 0.587. The topological polar surface area (TPSA) is 43.1 Å². The fourth-order valence-electron chi connectivity index (χ4n) is 1.17. The molecule has 0 aromatic carbocycles. The maximum atomic E-state index is 10.4. The Morgan fingerprint density at radius 3 is 2.50 bits per heavy atom. The number of carbonyl (C=O) groups excluding carboxylic acids is 1. The van der Waals surface area contributed by atoms with Crippen molar-refractivity contribution >= 4 is 5.91 Å². The van der Waals surface area contributed by atoms with E-state index in [4.69, 9.17) is 5.73 Å². The first-order valence-electron chi connectivity index (χ1n) is 4.95. The second kappa shape index (κ2) is 7.14. The molecule has 1 unspecified atom stereocenters. The highest BCUT2D eigenvalue weighted by Gasteiger charge is 1.98. The van der Waals surface area contributed by atoms with E-state index in [0.29, 0.717) is 6.42 Å². The van der Waals surface area contributed by atoms with Gasteiger partial charge < -0.3 is 5.73 Å². The van der Waals surface area contributed by atoms with Crippen LogP contribution in [-0.4, -0.2) is 5.91 Å². The molecule has 0 aliphatic heterocycles. The number of carbonyl (C=O) groups is 1. The van der Waals surface area contributed by atoms with Crippen LogP contribution in [0.3, 0.4) is 0 Å². The minimum atomic E-state index is -0.168. The van der Waals surface area contributed by atoms with Gasteiger partial charge in [-0.25, -0.2) is 0 Å². The van der Waals surface area contributed by atoms with E-state index in [1.807, 2.05) is 0 Å². The Morgan fingerprint density at radius 2 is 2.00 bits per heavy atom. The van der Waals surface area contributed by atoms with Gasteiger partial charge in [0.05, 0.1) is 0 Å². The summed E-state index contributed by atoms with van der Waals surface area (Å²) in [4.78, 5) is 10.4. The molecule has 0 saturated carbocycles. The van der Waals surface area contributed by atoms with Crippen LogP contribution in [0.1, 0.15) is 52.4 Å². The van der Waals surface area contributed by atoms with Crippen LogP contribution in [0, 0.1) is 5.92 Å². The Labute approximate surface area is 75.5 Å². The van der Waals surface area contributed by atoms with E-state index >= 15 is 0 Å². The average molecular weight is 171 g/mol. The van der Waals surface area contributed by atoms with E-state index in [9.17, 15) is 4.79 Å². The van der Waals surface area contributed by atoms with E-state index in [-0.39, 0.29) is 5.91 Å². The van der Waals surface area contributed by atoms with Crippen molar-refractivity contribution in [3.05, 3.63) is 0 Å². The van der Waals surface area contributed by atoms with Gasteiger partial charge in [-0.15, -0.1) is 0 Å². The summed E-state index contributed by atoms with van der Waals surface area (Å²) >= 11 is 0. The molecule has 0 rings (SSSR count). The van der Waals surface area contributed by atoms with Gasteiger partial charge in [0, 0.05) is 6.42 Å².